The second-order valence-electron chi connectivity index (χ2n) is 5.76. The van der Waals surface area contributed by atoms with Crippen molar-refractivity contribution >= 4 is 5.78 Å². The lowest BCUT2D eigenvalue weighted by atomic mass is 9.91. The summed E-state index contributed by atoms with van der Waals surface area (Å²) in [6, 6.07) is 1.77. The number of aromatic nitrogens is 4. The molecule has 0 N–H and O–H groups in total. The summed E-state index contributed by atoms with van der Waals surface area (Å²) in [4.78, 5) is 21.4. The van der Waals surface area contributed by atoms with Gasteiger partial charge in [-0.2, -0.15) is 5.10 Å². The summed E-state index contributed by atoms with van der Waals surface area (Å²) in [5, 5.41) is 4.17. The van der Waals surface area contributed by atoms with Crippen molar-refractivity contribution in [2.45, 2.75) is 18.8 Å². The molecule has 0 radical (unpaired) electrons. The summed E-state index contributed by atoms with van der Waals surface area (Å²) >= 11 is 0. The highest BCUT2D eigenvalue weighted by Crippen LogP contribution is 2.32. The molecular formula is C17H16N4O3. The van der Waals surface area contributed by atoms with Crippen LogP contribution in [0.1, 0.15) is 34.8 Å². The normalized spacial score (nSPS) is 17.7. The van der Waals surface area contributed by atoms with E-state index >= 15 is 0 Å². The zero-order chi connectivity index (χ0) is 16.5. The molecule has 4 rings (SSSR count). The molecule has 2 bridgehead atoms. The number of carbonyl (C=O) groups excluding carboxylic acids is 1. The summed E-state index contributed by atoms with van der Waals surface area (Å²) < 4.78 is 13.0. The molecule has 1 unspecified atom stereocenters. The van der Waals surface area contributed by atoms with E-state index in [1.165, 1.54) is 6.26 Å². The van der Waals surface area contributed by atoms with Gasteiger partial charge in [0.05, 0.1) is 30.5 Å². The topological polar surface area (TPSA) is 83.0 Å². The number of oxazole rings is 1. The van der Waals surface area contributed by atoms with Crippen LogP contribution in [0.2, 0.25) is 0 Å². The maximum absolute atomic E-state index is 12.9. The van der Waals surface area contributed by atoms with E-state index in [-0.39, 0.29) is 11.7 Å². The van der Waals surface area contributed by atoms with Crippen molar-refractivity contribution in [3.63, 3.8) is 0 Å². The SMILES string of the molecule is Cn1cc(C2CCCOc3cnccc3-c3nc(co3)C2=O)cn1. The van der Waals surface area contributed by atoms with Crippen LogP contribution in [0.5, 0.6) is 5.75 Å². The highest BCUT2D eigenvalue weighted by molar-refractivity contribution is 5.99. The molecule has 0 saturated carbocycles. The molecule has 1 aliphatic rings. The van der Waals surface area contributed by atoms with Crippen LogP contribution in [0.15, 0.2) is 41.5 Å². The number of rotatable bonds is 1. The molecule has 0 aliphatic carbocycles. The predicted octanol–water partition coefficient (Wildman–Crippen LogP) is 2.61. The average molecular weight is 324 g/mol. The Morgan fingerprint density at radius 2 is 2.25 bits per heavy atom. The fourth-order valence-corrected chi connectivity index (χ4v) is 2.90. The molecule has 1 atom stereocenters. The lowest BCUT2D eigenvalue weighted by Gasteiger charge is -2.13. The number of nitrogens with zero attached hydrogens (tertiary/aromatic N) is 4. The maximum Gasteiger partial charge on any atom is 0.230 e. The van der Waals surface area contributed by atoms with Gasteiger partial charge < -0.3 is 9.15 Å². The number of Topliss-reactive ketones (excluding diaryl/α,β-unsaturated/α-hetero) is 1. The first-order valence-corrected chi connectivity index (χ1v) is 7.78. The minimum atomic E-state index is -0.306. The second-order valence-corrected chi connectivity index (χ2v) is 5.76. The van der Waals surface area contributed by atoms with Crippen LogP contribution < -0.4 is 4.74 Å². The fraction of sp³-hybridized carbons (Fsp3) is 0.294. The van der Waals surface area contributed by atoms with Gasteiger partial charge in [-0.05, 0) is 18.9 Å². The highest BCUT2D eigenvalue weighted by atomic mass is 16.5. The molecule has 0 amide bonds. The van der Waals surface area contributed by atoms with Crippen LogP contribution in [-0.2, 0) is 7.05 Å². The number of hydrogen-bond donors (Lipinski definition) is 0. The van der Waals surface area contributed by atoms with E-state index in [9.17, 15) is 4.79 Å². The van der Waals surface area contributed by atoms with Crippen LogP contribution in [0.25, 0.3) is 11.5 Å². The Morgan fingerprint density at radius 1 is 1.33 bits per heavy atom. The van der Waals surface area contributed by atoms with Gasteiger partial charge in [-0.3, -0.25) is 14.5 Å². The molecule has 122 valence electrons. The first-order valence-electron chi connectivity index (χ1n) is 7.78. The van der Waals surface area contributed by atoms with Crippen LogP contribution in [0.4, 0.5) is 0 Å². The van der Waals surface area contributed by atoms with Crippen molar-refractivity contribution in [2.24, 2.45) is 7.05 Å². The van der Waals surface area contributed by atoms with Crippen molar-refractivity contribution in [1.29, 1.82) is 0 Å². The van der Waals surface area contributed by atoms with Crippen LogP contribution in [0.3, 0.4) is 0 Å². The molecule has 0 spiro atoms. The Labute approximate surface area is 138 Å². The minimum absolute atomic E-state index is 0.0597. The third-order valence-electron chi connectivity index (χ3n) is 4.11. The van der Waals surface area contributed by atoms with Crippen LogP contribution in [-0.4, -0.2) is 32.1 Å². The second kappa shape index (κ2) is 5.92. The van der Waals surface area contributed by atoms with E-state index in [4.69, 9.17) is 9.15 Å². The van der Waals surface area contributed by atoms with Crippen LogP contribution >= 0.6 is 0 Å². The maximum atomic E-state index is 12.9. The summed E-state index contributed by atoms with van der Waals surface area (Å²) in [6.07, 6.45) is 9.67. The number of aryl methyl sites for hydroxylation is 1. The molecule has 0 saturated heterocycles. The van der Waals surface area contributed by atoms with E-state index in [1.807, 2.05) is 13.2 Å². The Kier molecular flexibility index (Phi) is 3.60. The fourth-order valence-electron chi connectivity index (χ4n) is 2.90. The monoisotopic (exact) mass is 324 g/mol. The average Bonchev–Trinajstić information content (AvgIpc) is 3.23. The predicted molar refractivity (Wildman–Crippen MR) is 84.7 cm³/mol. The van der Waals surface area contributed by atoms with E-state index in [2.05, 4.69) is 15.1 Å². The molecule has 7 heteroatoms. The molecule has 0 aromatic carbocycles. The zero-order valence-electron chi connectivity index (χ0n) is 13.2. The van der Waals surface area contributed by atoms with Crippen LogP contribution in [0, 0.1) is 0 Å². The Balaban J connectivity index is 1.75. The van der Waals surface area contributed by atoms with E-state index in [1.54, 1.807) is 29.3 Å². The molecule has 3 aromatic rings. The van der Waals surface area contributed by atoms with Gasteiger partial charge in [-0.1, -0.05) is 0 Å². The van der Waals surface area contributed by atoms with Crippen molar-refractivity contribution < 1.29 is 13.9 Å². The van der Waals surface area contributed by atoms with Crippen molar-refractivity contribution in [1.82, 2.24) is 19.7 Å². The minimum Gasteiger partial charge on any atom is -0.491 e. The van der Waals surface area contributed by atoms with Crippen molar-refractivity contribution in [2.75, 3.05) is 6.61 Å². The molecule has 3 aromatic heterocycles. The van der Waals surface area contributed by atoms with E-state index in [0.29, 0.717) is 35.9 Å². The lowest BCUT2D eigenvalue weighted by molar-refractivity contribution is 0.0947. The highest BCUT2D eigenvalue weighted by Gasteiger charge is 2.27. The van der Waals surface area contributed by atoms with Gasteiger partial charge in [0.1, 0.15) is 17.7 Å². The Bertz CT molecular complexity index is 883. The van der Waals surface area contributed by atoms with Gasteiger partial charge in [0.15, 0.2) is 5.78 Å². The van der Waals surface area contributed by atoms with Gasteiger partial charge in [0, 0.05) is 25.0 Å². The molecule has 4 heterocycles. The first-order chi connectivity index (χ1) is 11.7. The smallest absolute Gasteiger partial charge is 0.230 e. The third-order valence-corrected chi connectivity index (χ3v) is 4.11. The van der Waals surface area contributed by atoms with Gasteiger partial charge in [0.25, 0.3) is 0 Å². The molecule has 7 nitrogen and oxygen atoms in total. The van der Waals surface area contributed by atoms with E-state index in [0.717, 1.165) is 12.0 Å². The van der Waals surface area contributed by atoms with E-state index < -0.39 is 0 Å². The number of ketones is 1. The number of pyridine rings is 1. The molecule has 24 heavy (non-hydrogen) atoms. The van der Waals surface area contributed by atoms with Crippen molar-refractivity contribution in [3.05, 3.63) is 48.4 Å². The molecule has 1 aliphatic heterocycles. The quantitative estimate of drug-likeness (QED) is 0.684. The van der Waals surface area contributed by atoms with Gasteiger partial charge >= 0.3 is 0 Å². The molecular weight excluding hydrogens is 308 g/mol. The Hall–Kier alpha value is -2.96. The van der Waals surface area contributed by atoms with Gasteiger partial charge in [0.2, 0.25) is 5.89 Å². The summed E-state index contributed by atoms with van der Waals surface area (Å²) in [7, 11) is 1.83. The largest absolute Gasteiger partial charge is 0.491 e. The number of fused-ring (bicyclic) bond motifs is 4. The third kappa shape index (κ3) is 2.58. The van der Waals surface area contributed by atoms with Crippen molar-refractivity contribution in [3.8, 4) is 17.2 Å². The lowest BCUT2D eigenvalue weighted by Crippen LogP contribution is -2.14. The first kappa shape index (κ1) is 14.6. The summed E-state index contributed by atoms with van der Waals surface area (Å²) in [5.74, 6) is 0.607. The zero-order valence-corrected chi connectivity index (χ0v) is 13.2. The standard InChI is InChI=1S/C17H16N4O3/c1-21-9-11(7-19-21)12-3-2-6-23-15-8-18-5-4-13(15)17-20-14(10-24-17)16(12)22/h4-5,7-10,12H,2-3,6H2,1H3. The van der Waals surface area contributed by atoms with Gasteiger partial charge in [-0.25, -0.2) is 4.98 Å². The number of hydrogen-bond acceptors (Lipinski definition) is 6. The summed E-state index contributed by atoms with van der Waals surface area (Å²) in [6.45, 7) is 0.495. The Morgan fingerprint density at radius 3 is 3.08 bits per heavy atom. The molecule has 0 fully saturated rings. The van der Waals surface area contributed by atoms with Gasteiger partial charge in [-0.15, -0.1) is 0 Å². The number of carbonyl (C=O) groups is 1. The number of ether oxygens (including phenoxy) is 1. The summed E-state index contributed by atoms with van der Waals surface area (Å²) in [5.41, 5.74) is 1.90.